The molecule has 9 nitrogen and oxygen atoms in total. The minimum atomic E-state index is -4.78. The normalized spacial score (nSPS) is 19.1. The summed E-state index contributed by atoms with van der Waals surface area (Å²) < 4.78 is 45.6. The number of fused-ring (bicyclic) bond motifs is 1. The van der Waals surface area contributed by atoms with E-state index in [-0.39, 0.29) is 33.6 Å². The van der Waals surface area contributed by atoms with E-state index in [0.717, 1.165) is 12.1 Å². The lowest BCUT2D eigenvalue weighted by atomic mass is 9.64. The second kappa shape index (κ2) is 7.43. The number of allylic oxidation sites excluding steroid dienone is 3. The second-order valence-electron chi connectivity index (χ2n) is 7.43. The fraction of sp³-hybridized carbons (Fsp3) is 0.190. The fourth-order valence-electron chi connectivity index (χ4n) is 4.41. The number of hydrogen-bond acceptors (Lipinski definition) is 7. The van der Waals surface area contributed by atoms with Crippen LogP contribution in [-0.4, -0.2) is 26.3 Å². The lowest BCUT2D eigenvalue weighted by Gasteiger charge is -2.37. The van der Waals surface area contributed by atoms with Crippen molar-refractivity contribution in [3.63, 3.8) is 0 Å². The van der Waals surface area contributed by atoms with Crippen LogP contribution >= 0.6 is 0 Å². The molecule has 3 aromatic rings. The monoisotopic (exact) mass is 460 g/mol. The van der Waals surface area contributed by atoms with Crippen molar-refractivity contribution in [1.82, 2.24) is 15.6 Å². The molecule has 1 aliphatic rings. The van der Waals surface area contributed by atoms with E-state index in [2.05, 4.69) is 15.6 Å². The van der Waals surface area contributed by atoms with Gasteiger partial charge >= 0.3 is 12.1 Å². The Labute approximate surface area is 183 Å². The summed E-state index contributed by atoms with van der Waals surface area (Å²) in [4.78, 5) is 24.1. The van der Waals surface area contributed by atoms with Crippen LogP contribution in [0.15, 0.2) is 69.8 Å². The van der Waals surface area contributed by atoms with Crippen LogP contribution in [0.2, 0.25) is 0 Å². The molecule has 0 fully saturated rings. The first-order valence-electron chi connectivity index (χ1n) is 9.46. The first-order chi connectivity index (χ1) is 15.5. The Bertz CT molecular complexity index is 1340. The van der Waals surface area contributed by atoms with Crippen LogP contribution in [-0.2, 0) is 16.4 Å². The van der Waals surface area contributed by atoms with Crippen molar-refractivity contribution < 1.29 is 32.6 Å². The maximum atomic E-state index is 13.6. The van der Waals surface area contributed by atoms with Gasteiger partial charge in [0.25, 0.3) is 5.70 Å². The number of benzene rings is 2. The van der Waals surface area contributed by atoms with Crippen molar-refractivity contribution in [2.45, 2.75) is 25.4 Å². The van der Waals surface area contributed by atoms with Crippen LogP contribution in [0.25, 0.3) is 11.0 Å². The number of halogens is 3. The van der Waals surface area contributed by atoms with Crippen molar-refractivity contribution in [2.75, 3.05) is 0 Å². The number of carboxylic acids is 1. The molecule has 0 amide bonds. The highest BCUT2D eigenvalue weighted by atomic mass is 19.4. The summed E-state index contributed by atoms with van der Waals surface area (Å²) in [6.07, 6.45) is -4.78. The zero-order valence-electron chi connectivity index (χ0n) is 17.1. The highest BCUT2D eigenvalue weighted by Gasteiger charge is 2.57. The highest BCUT2D eigenvalue weighted by Crippen LogP contribution is 2.51. The van der Waals surface area contributed by atoms with Crippen LogP contribution in [0.3, 0.4) is 0 Å². The van der Waals surface area contributed by atoms with Crippen LogP contribution in [0.4, 0.5) is 13.2 Å². The number of carboxylic acid groups (broad SMARTS) is 1. The molecule has 0 spiro atoms. The minimum absolute atomic E-state index is 0.0180. The van der Waals surface area contributed by atoms with Gasteiger partial charge in [0.15, 0.2) is 0 Å². The maximum Gasteiger partial charge on any atom is 0.416 e. The second-order valence-corrected chi connectivity index (χ2v) is 7.43. The first kappa shape index (κ1) is 22.0. The summed E-state index contributed by atoms with van der Waals surface area (Å²) >= 11 is 0. The number of hydrogen-bond donors (Lipinski definition) is 2. The summed E-state index contributed by atoms with van der Waals surface area (Å²) in [5.41, 5.74) is -4.72. The lowest BCUT2D eigenvalue weighted by Crippen LogP contribution is -2.45. The summed E-state index contributed by atoms with van der Waals surface area (Å²) in [7, 11) is 0. The average molecular weight is 460 g/mol. The molecular formula is C21H15F3N4O5. The Kier molecular flexibility index (Phi) is 4.95. The quantitative estimate of drug-likeness (QED) is 0.441. The predicted molar refractivity (Wildman–Crippen MR) is 107 cm³/mol. The van der Waals surface area contributed by atoms with Crippen molar-refractivity contribution in [3.8, 4) is 0 Å². The molecule has 0 radical (unpaired) electrons. The Morgan fingerprint density at radius 1 is 1.15 bits per heavy atom. The number of rotatable bonds is 4. The van der Waals surface area contributed by atoms with Crippen molar-refractivity contribution in [1.29, 1.82) is 0 Å². The summed E-state index contributed by atoms with van der Waals surface area (Å²) in [5.74, 6) is -1.56. The molecule has 0 bridgehead atoms. The topological polar surface area (TPSA) is 131 Å². The number of nitrogens with zero attached hydrogens (tertiary/aromatic N) is 3. The molecule has 1 aromatic heterocycles. The molecule has 1 aliphatic heterocycles. The summed E-state index contributed by atoms with van der Waals surface area (Å²) in [5, 5.41) is 32.7. The fourth-order valence-corrected chi connectivity index (χ4v) is 4.41. The zero-order valence-corrected chi connectivity index (χ0v) is 17.1. The molecular weight excluding hydrogens is 445 g/mol. The van der Waals surface area contributed by atoms with Crippen LogP contribution in [0, 0.1) is 10.1 Å². The van der Waals surface area contributed by atoms with Gasteiger partial charge < -0.3 is 10.4 Å². The molecule has 2 heterocycles. The van der Waals surface area contributed by atoms with E-state index in [4.69, 9.17) is 4.63 Å². The molecule has 1 unspecified atom stereocenters. The first-order valence-corrected chi connectivity index (χ1v) is 9.46. The SMILES string of the molecule is CC1=C(C(=O)O)C(c2cccc(C(F)(F)F)c2)(c2cccc3nonc23)C([N+](=O)[O-])=C(C)N1. The number of aromatic nitrogens is 2. The number of dihydropyridines is 1. The maximum absolute atomic E-state index is 13.6. The summed E-state index contributed by atoms with van der Waals surface area (Å²) in [6, 6.07) is 8.10. The molecule has 33 heavy (non-hydrogen) atoms. The standard InChI is InChI=1S/C21H15F3N4O5/c1-10-16(19(29)30)20(18(28(31)32)11(2)25-10,12-5-3-6-13(9-12)21(22,23)24)14-7-4-8-15-17(14)27-33-26-15/h3-9,25H,1-2H3,(H,29,30). The largest absolute Gasteiger partial charge is 0.478 e. The van der Waals surface area contributed by atoms with Gasteiger partial charge in [-0.25, -0.2) is 9.42 Å². The third-order valence-electron chi connectivity index (χ3n) is 5.54. The van der Waals surface area contributed by atoms with Gasteiger partial charge in [-0.3, -0.25) is 10.1 Å². The minimum Gasteiger partial charge on any atom is -0.478 e. The van der Waals surface area contributed by atoms with Gasteiger partial charge in [0.05, 0.1) is 21.8 Å². The van der Waals surface area contributed by atoms with E-state index >= 15 is 0 Å². The molecule has 2 aromatic carbocycles. The number of nitro groups is 1. The average Bonchev–Trinajstić information content (AvgIpc) is 3.20. The number of carbonyl (C=O) groups is 1. The third kappa shape index (κ3) is 3.22. The third-order valence-corrected chi connectivity index (χ3v) is 5.54. The van der Waals surface area contributed by atoms with Crippen molar-refractivity contribution >= 4 is 17.0 Å². The van der Waals surface area contributed by atoms with Gasteiger partial charge in [-0.05, 0) is 41.9 Å². The molecule has 1 atom stereocenters. The molecule has 0 saturated carbocycles. The summed E-state index contributed by atoms with van der Waals surface area (Å²) in [6.45, 7) is 2.73. The van der Waals surface area contributed by atoms with Gasteiger partial charge in [0.2, 0.25) is 0 Å². The number of alkyl halides is 3. The smallest absolute Gasteiger partial charge is 0.416 e. The van der Waals surface area contributed by atoms with E-state index in [1.165, 1.54) is 38.1 Å². The van der Waals surface area contributed by atoms with E-state index in [0.29, 0.717) is 6.07 Å². The van der Waals surface area contributed by atoms with Crippen LogP contribution < -0.4 is 5.32 Å². The Balaban J connectivity index is 2.28. The highest BCUT2D eigenvalue weighted by molar-refractivity contribution is 5.96. The van der Waals surface area contributed by atoms with Gasteiger partial charge in [-0.2, -0.15) is 13.2 Å². The Hall–Kier alpha value is -4.22. The molecule has 12 heteroatoms. The number of nitrogens with one attached hydrogen (secondary N) is 1. The predicted octanol–water partition coefficient (Wildman–Crippen LogP) is 4.00. The Morgan fingerprint density at radius 2 is 1.85 bits per heavy atom. The van der Waals surface area contributed by atoms with Crippen LogP contribution in [0.1, 0.15) is 30.5 Å². The van der Waals surface area contributed by atoms with Gasteiger partial charge in [-0.1, -0.05) is 30.3 Å². The van der Waals surface area contributed by atoms with E-state index in [1.54, 1.807) is 0 Å². The molecule has 4 rings (SSSR count). The van der Waals surface area contributed by atoms with Gasteiger partial charge in [0.1, 0.15) is 16.4 Å². The van der Waals surface area contributed by atoms with E-state index in [9.17, 15) is 33.2 Å². The van der Waals surface area contributed by atoms with E-state index in [1.807, 2.05) is 0 Å². The zero-order chi connectivity index (χ0) is 24.1. The van der Waals surface area contributed by atoms with Crippen LogP contribution in [0.5, 0.6) is 0 Å². The molecule has 170 valence electrons. The lowest BCUT2D eigenvalue weighted by molar-refractivity contribution is -0.435. The molecule has 0 aliphatic carbocycles. The van der Waals surface area contributed by atoms with Crippen molar-refractivity contribution in [2.24, 2.45) is 0 Å². The van der Waals surface area contributed by atoms with E-state index < -0.39 is 39.3 Å². The van der Waals surface area contributed by atoms with Crippen molar-refractivity contribution in [3.05, 3.63) is 91.9 Å². The molecule has 2 N–H and O–H groups in total. The Morgan fingerprint density at radius 3 is 2.48 bits per heavy atom. The number of aliphatic carboxylic acids is 1. The van der Waals surface area contributed by atoms with Gasteiger partial charge in [0, 0.05) is 11.3 Å². The van der Waals surface area contributed by atoms with Gasteiger partial charge in [-0.15, -0.1) is 0 Å². The molecule has 0 saturated heterocycles.